The van der Waals surface area contributed by atoms with Gasteiger partial charge in [-0.15, -0.1) is 0 Å². The highest BCUT2D eigenvalue weighted by molar-refractivity contribution is 7.95. The molecule has 1 aliphatic heterocycles. The predicted octanol–water partition coefficient (Wildman–Crippen LogP) is 3.91. The van der Waals surface area contributed by atoms with Gasteiger partial charge in [0, 0.05) is 18.6 Å². The minimum absolute atomic E-state index is 0.246. The van der Waals surface area contributed by atoms with Crippen LogP contribution in [-0.4, -0.2) is 21.6 Å². The Hall–Kier alpha value is -2.18. The number of nitrogens with one attached hydrogen (secondary N) is 1. The SMILES string of the molecule is O=S(=O)(C=Cc1ccccc1)Nc1cc2c(cc1Cl)OCCCO2. The lowest BCUT2D eigenvalue weighted by Gasteiger charge is -2.12. The molecule has 126 valence electrons. The summed E-state index contributed by atoms with van der Waals surface area (Å²) in [7, 11) is -3.70. The quantitative estimate of drug-likeness (QED) is 0.892. The maximum atomic E-state index is 12.2. The molecule has 0 bridgehead atoms. The van der Waals surface area contributed by atoms with E-state index in [-0.39, 0.29) is 10.7 Å². The molecule has 7 heteroatoms. The number of sulfonamides is 1. The number of hydrogen-bond donors (Lipinski definition) is 1. The fraction of sp³-hybridized carbons (Fsp3) is 0.176. The average Bonchev–Trinajstić information content (AvgIpc) is 2.79. The molecular formula is C17H16ClNO4S. The first-order chi connectivity index (χ1) is 11.5. The van der Waals surface area contributed by atoms with Crippen LogP contribution in [0, 0.1) is 0 Å². The van der Waals surface area contributed by atoms with Crippen LogP contribution in [0.25, 0.3) is 6.08 Å². The molecule has 0 unspecified atom stereocenters. The van der Waals surface area contributed by atoms with Gasteiger partial charge in [-0.25, -0.2) is 8.42 Å². The molecule has 0 saturated carbocycles. The third-order valence-corrected chi connectivity index (χ3v) is 4.64. The second-order valence-corrected chi connectivity index (χ2v) is 7.16. The predicted molar refractivity (Wildman–Crippen MR) is 95.1 cm³/mol. The number of benzene rings is 2. The van der Waals surface area contributed by atoms with Crippen LogP contribution in [0.2, 0.25) is 5.02 Å². The molecule has 2 aromatic rings. The van der Waals surface area contributed by atoms with Crippen LogP contribution < -0.4 is 14.2 Å². The van der Waals surface area contributed by atoms with Gasteiger partial charge in [0.2, 0.25) is 0 Å². The van der Waals surface area contributed by atoms with Crippen molar-refractivity contribution in [3.63, 3.8) is 0 Å². The van der Waals surface area contributed by atoms with E-state index < -0.39 is 10.0 Å². The van der Waals surface area contributed by atoms with Crippen molar-refractivity contribution in [1.82, 2.24) is 0 Å². The zero-order valence-corrected chi connectivity index (χ0v) is 14.3. The number of ether oxygens (including phenoxy) is 2. The van der Waals surface area contributed by atoms with E-state index in [9.17, 15) is 8.42 Å². The van der Waals surface area contributed by atoms with Crippen molar-refractivity contribution in [1.29, 1.82) is 0 Å². The number of hydrogen-bond acceptors (Lipinski definition) is 4. The van der Waals surface area contributed by atoms with Gasteiger partial charge in [0.1, 0.15) is 0 Å². The van der Waals surface area contributed by atoms with Crippen molar-refractivity contribution in [2.75, 3.05) is 17.9 Å². The van der Waals surface area contributed by atoms with Gasteiger partial charge in [0.15, 0.2) is 11.5 Å². The van der Waals surface area contributed by atoms with Crippen molar-refractivity contribution < 1.29 is 17.9 Å². The summed E-state index contributed by atoms with van der Waals surface area (Å²) in [5.41, 5.74) is 1.03. The molecular weight excluding hydrogens is 350 g/mol. The summed E-state index contributed by atoms with van der Waals surface area (Å²) in [4.78, 5) is 0. The van der Waals surface area contributed by atoms with E-state index in [0.29, 0.717) is 24.7 Å². The van der Waals surface area contributed by atoms with Crippen molar-refractivity contribution in [2.45, 2.75) is 6.42 Å². The van der Waals surface area contributed by atoms with E-state index in [1.165, 1.54) is 12.1 Å². The van der Waals surface area contributed by atoms with E-state index in [1.807, 2.05) is 30.3 Å². The molecule has 0 amide bonds. The van der Waals surface area contributed by atoms with Crippen LogP contribution in [0.3, 0.4) is 0 Å². The van der Waals surface area contributed by atoms with Gasteiger partial charge >= 0.3 is 0 Å². The molecule has 0 fully saturated rings. The van der Waals surface area contributed by atoms with Crippen LogP contribution in [0.4, 0.5) is 5.69 Å². The highest BCUT2D eigenvalue weighted by Crippen LogP contribution is 2.38. The van der Waals surface area contributed by atoms with Gasteiger partial charge < -0.3 is 9.47 Å². The third kappa shape index (κ3) is 4.21. The Bertz CT molecular complexity index is 850. The van der Waals surface area contributed by atoms with Crippen molar-refractivity contribution >= 4 is 33.4 Å². The van der Waals surface area contributed by atoms with Gasteiger partial charge in [-0.2, -0.15) is 0 Å². The lowest BCUT2D eigenvalue weighted by atomic mass is 10.2. The van der Waals surface area contributed by atoms with E-state index in [1.54, 1.807) is 6.07 Å². The molecule has 3 rings (SSSR count). The lowest BCUT2D eigenvalue weighted by Crippen LogP contribution is -2.09. The van der Waals surface area contributed by atoms with Gasteiger partial charge in [0.05, 0.1) is 29.3 Å². The molecule has 1 N–H and O–H groups in total. The summed E-state index contributed by atoms with van der Waals surface area (Å²) < 4.78 is 38.0. The van der Waals surface area contributed by atoms with E-state index in [2.05, 4.69) is 4.72 Å². The molecule has 5 nitrogen and oxygen atoms in total. The van der Waals surface area contributed by atoms with Crippen LogP contribution in [0.1, 0.15) is 12.0 Å². The molecule has 0 atom stereocenters. The largest absolute Gasteiger partial charge is 0.490 e. The van der Waals surface area contributed by atoms with Crippen molar-refractivity contribution in [3.05, 3.63) is 58.5 Å². The first kappa shape index (κ1) is 16.7. The third-order valence-electron chi connectivity index (χ3n) is 3.33. The monoisotopic (exact) mass is 365 g/mol. The number of anilines is 1. The number of rotatable bonds is 4. The Morgan fingerprint density at radius 1 is 1.04 bits per heavy atom. The lowest BCUT2D eigenvalue weighted by molar-refractivity contribution is 0.297. The van der Waals surface area contributed by atoms with Crippen molar-refractivity contribution in [3.8, 4) is 11.5 Å². The Morgan fingerprint density at radius 3 is 2.42 bits per heavy atom. The maximum absolute atomic E-state index is 12.2. The minimum Gasteiger partial charge on any atom is -0.490 e. The first-order valence-corrected chi connectivity index (χ1v) is 9.31. The summed E-state index contributed by atoms with van der Waals surface area (Å²) in [6.07, 6.45) is 2.27. The standard InChI is InChI=1S/C17H16ClNO4S/c18-14-11-16-17(23-9-4-8-22-16)12-15(14)19-24(20,21)10-7-13-5-2-1-3-6-13/h1-3,5-7,10-12,19H,4,8-9H2. The summed E-state index contributed by atoms with van der Waals surface area (Å²) in [5, 5.41) is 1.35. The first-order valence-electron chi connectivity index (χ1n) is 7.39. The van der Waals surface area contributed by atoms with E-state index in [4.69, 9.17) is 21.1 Å². The Balaban J connectivity index is 1.82. The highest BCUT2D eigenvalue weighted by Gasteiger charge is 2.16. The molecule has 0 aromatic heterocycles. The van der Waals surface area contributed by atoms with Crippen LogP contribution in [0.5, 0.6) is 11.5 Å². The van der Waals surface area contributed by atoms with Crippen molar-refractivity contribution in [2.24, 2.45) is 0 Å². The fourth-order valence-corrected chi connectivity index (χ4v) is 3.32. The second kappa shape index (κ2) is 7.15. The van der Waals surface area contributed by atoms with E-state index >= 15 is 0 Å². The summed E-state index contributed by atoms with van der Waals surface area (Å²) in [5.74, 6) is 0.988. The topological polar surface area (TPSA) is 64.6 Å². The average molecular weight is 366 g/mol. The normalized spacial score (nSPS) is 14.4. The summed E-state index contributed by atoms with van der Waals surface area (Å²) >= 11 is 6.15. The highest BCUT2D eigenvalue weighted by atomic mass is 35.5. The molecule has 1 aliphatic rings. The van der Waals surface area contributed by atoms with Gasteiger partial charge in [-0.3, -0.25) is 4.72 Å². The van der Waals surface area contributed by atoms with Gasteiger partial charge in [-0.05, 0) is 11.6 Å². The number of halogens is 1. The van der Waals surface area contributed by atoms with E-state index in [0.717, 1.165) is 17.4 Å². The smallest absolute Gasteiger partial charge is 0.255 e. The molecule has 0 saturated heterocycles. The van der Waals surface area contributed by atoms with Gasteiger partial charge in [0.25, 0.3) is 10.0 Å². The van der Waals surface area contributed by atoms with Crippen LogP contribution >= 0.6 is 11.6 Å². The second-order valence-electron chi connectivity index (χ2n) is 5.19. The molecule has 24 heavy (non-hydrogen) atoms. The Kier molecular flexibility index (Phi) is 4.97. The fourth-order valence-electron chi connectivity index (χ4n) is 2.18. The van der Waals surface area contributed by atoms with Crippen LogP contribution in [0.15, 0.2) is 47.9 Å². The number of fused-ring (bicyclic) bond motifs is 1. The molecule has 2 aromatic carbocycles. The zero-order chi connectivity index (χ0) is 17.0. The minimum atomic E-state index is -3.70. The Morgan fingerprint density at radius 2 is 1.71 bits per heavy atom. The molecule has 0 aliphatic carbocycles. The van der Waals surface area contributed by atoms with Gasteiger partial charge in [-0.1, -0.05) is 41.9 Å². The maximum Gasteiger partial charge on any atom is 0.255 e. The Labute approximate surface area is 145 Å². The molecule has 1 heterocycles. The molecule has 0 radical (unpaired) electrons. The van der Waals surface area contributed by atoms with Crippen LogP contribution in [-0.2, 0) is 10.0 Å². The molecule has 0 spiro atoms. The summed E-state index contributed by atoms with van der Waals surface area (Å²) in [6, 6.07) is 12.2. The summed E-state index contributed by atoms with van der Waals surface area (Å²) in [6.45, 7) is 1.04. The zero-order valence-electron chi connectivity index (χ0n) is 12.7.